The molecule has 1 aliphatic rings. The average Bonchev–Trinajstić information content (AvgIpc) is 3.13. The molecule has 176 valence electrons. The monoisotopic (exact) mass is 487 g/mol. The number of nitrogens with zero attached hydrogens (tertiary/aromatic N) is 2. The van der Waals surface area contributed by atoms with Gasteiger partial charge in [0.25, 0.3) is 10.0 Å². The van der Waals surface area contributed by atoms with E-state index in [4.69, 9.17) is 0 Å². The number of carbonyl (C=O) groups is 1. The van der Waals surface area contributed by atoms with Gasteiger partial charge in [0.15, 0.2) is 0 Å². The third-order valence-corrected chi connectivity index (χ3v) is 8.47. The zero-order chi connectivity index (χ0) is 23.6. The number of rotatable bonds is 7. The summed E-state index contributed by atoms with van der Waals surface area (Å²) >= 11 is 1.00. The van der Waals surface area contributed by atoms with Crippen molar-refractivity contribution in [1.82, 2.24) is 9.47 Å². The van der Waals surface area contributed by atoms with Gasteiger partial charge in [0.05, 0.1) is 20.8 Å². The summed E-state index contributed by atoms with van der Waals surface area (Å²) in [5, 5.41) is 0. The maximum Gasteiger partial charge on any atom is 0.308 e. The van der Waals surface area contributed by atoms with Gasteiger partial charge in [-0.05, 0) is 61.9 Å². The number of aryl methyl sites for hydroxylation is 3. The number of sulfonamides is 1. The Kier molecular flexibility index (Phi) is 6.90. The van der Waals surface area contributed by atoms with Crippen LogP contribution in [0.25, 0.3) is 10.2 Å². The van der Waals surface area contributed by atoms with E-state index < -0.39 is 10.0 Å². The molecule has 9 heteroatoms. The van der Waals surface area contributed by atoms with E-state index in [2.05, 4.69) is 4.72 Å². The molecule has 0 bridgehead atoms. The van der Waals surface area contributed by atoms with Crippen LogP contribution in [-0.4, -0.2) is 36.9 Å². The van der Waals surface area contributed by atoms with Crippen LogP contribution >= 0.6 is 11.3 Å². The molecule has 1 aromatic heterocycles. The van der Waals surface area contributed by atoms with Crippen molar-refractivity contribution < 1.29 is 13.2 Å². The highest BCUT2D eigenvalue weighted by atomic mass is 32.2. The number of amides is 1. The first-order valence-electron chi connectivity index (χ1n) is 11.3. The highest BCUT2D eigenvalue weighted by Gasteiger charge is 2.20. The van der Waals surface area contributed by atoms with Gasteiger partial charge in [0.2, 0.25) is 5.91 Å². The summed E-state index contributed by atoms with van der Waals surface area (Å²) < 4.78 is 31.1. The van der Waals surface area contributed by atoms with Crippen molar-refractivity contribution in [2.75, 3.05) is 17.8 Å². The number of hydrogen-bond acceptors (Lipinski definition) is 5. The molecule has 7 nitrogen and oxygen atoms in total. The van der Waals surface area contributed by atoms with Crippen LogP contribution in [0.2, 0.25) is 0 Å². The lowest BCUT2D eigenvalue weighted by atomic mass is 10.1. The predicted octanol–water partition coefficient (Wildman–Crippen LogP) is 4.14. The number of para-hydroxylation sites is 1. The van der Waals surface area contributed by atoms with E-state index in [0.717, 1.165) is 54.8 Å². The third kappa shape index (κ3) is 4.99. The van der Waals surface area contributed by atoms with Crippen molar-refractivity contribution in [3.05, 3.63) is 57.2 Å². The first-order chi connectivity index (χ1) is 15.8. The molecule has 1 fully saturated rings. The van der Waals surface area contributed by atoms with Gasteiger partial charge in [-0.3, -0.25) is 18.9 Å². The van der Waals surface area contributed by atoms with Crippen molar-refractivity contribution in [3.8, 4) is 0 Å². The van der Waals surface area contributed by atoms with Crippen LogP contribution in [0.4, 0.5) is 5.69 Å². The van der Waals surface area contributed by atoms with Gasteiger partial charge in [-0.25, -0.2) is 8.42 Å². The van der Waals surface area contributed by atoms with Crippen LogP contribution in [-0.2, 0) is 27.8 Å². The molecule has 0 unspecified atom stereocenters. The highest BCUT2D eigenvalue weighted by molar-refractivity contribution is 7.92. The Morgan fingerprint density at radius 3 is 2.61 bits per heavy atom. The Hall–Kier alpha value is -2.65. The standard InChI is InChI=1S/C24H29N3O4S2/c1-3-18-9-7-8-17(2)23(18)25-33(30,31)19-10-11-20-21(16-19)32-24(29)27(20)15-12-22(28)26-13-5-4-6-14-26/h7-11,16,25H,3-6,12-15H2,1-2H3. The molecule has 3 aromatic rings. The van der Waals surface area contributed by atoms with E-state index in [1.54, 1.807) is 10.6 Å². The number of benzene rings is 2. The maximum absolute atomic E-state index is 13.1. The molecular weight excluding hydrogens is 458 g/mol. The van der Waals surface area contributed by atoms with Crippen LogP contribution in [0.5, 0.6) is 0 Å². The van der Waals surface area contributed by atoms with Crippen molar-refractivity contribution in [1.29, 1.82) is 0 Å². The summed E-state index contributed by atoms with van der Waals surface area (Å²) in [5.74, 6) is 0.0642. The predicted molar refractivity (Wildman–Crippen MR) is 132 cm³/mol. The quantitative estimate of drug-likeness (QED) is 0.543. The minimum absolute atomic E-state index is 0.0642. The number of piperidine rings is 1. The summed E-state index contributed by atoms with van der Waals surface area (Å²) in [7, 11) is -3.82. The van der Waals surface area contributed by atoms with Gasteiger partial charge in [0.1, 0.15) is 0 Å². The van der Waals surface area contributed by atoms with Crippen LogP contribution in [0, 0.1) is 6.92 Å². The molecule has 1 aliphatic heterocycles. The molecule has 0 saturated carbocycles. The van der Waals surface area contributed by atoms with Gasteiger partial charge >= 0.3 is 4.87 Å². The second-order valence-electron chi connectivity index (χ2n) is 8.41. The lowest BCUT2D eigenvalue weighted by molar-refractivity contribution is -0.132. The van der Waals surface area contributed by atoms with Crippen LogP contribution in [0.3, 0.4) is 0 Å². The first-order valence-corrected chi connectivity index (χ1v) is 13.6. The van der Waals surface area contributed by atoms with Gasteiger partial charge in [-0.1, -0.05) is 36.5 Å². The minimum Gasteiger partial charge on any atom is -0.343 e. The zero-order valence-electron chi connectivity index (χ0n) is 19.0. The Bertz CT molecular complexity index is 1340. The Labute approximate surface area is 198 Å². The molecule has 33 heavy (non-hydrogen) atoms. The lowest BCUT2D eigenvalue weighted by Gasteiger charge is -2.26. The molecule has 0 radical (unpaired) electrons. The molecule has 4 rings (SSSR count). The molecule has 1 amide bonds. The number of aromatic nitrogens is 1. The normalized spacial score (nSPS) is 14.5. The number of fused-ring (bicyclic) bond motifs is 1. The average molecular weight is 488 g/mol. The Balaban J connectivity index is 1.57. The summed E-state index contributed by atoms with van der Waals surface area (Å²) in [6, 6.07) is 10.4. The number of carbonyl (C=O) groups excluding carboxylic acids is 1. The number of likely N-dealkylation sites (tertiary alicyclic amines) is 1. The molecule has 2 aromatic carbocycles. The summed E-state index contributed by atoms with van der Waals surface area (Å²) in [5.41, 5.74) is 3.03. The van der Waals surface area contributed by atoms with E-state index in [0.29, 0.717) is 28.9 Å². The zero-order valence-corrected chi connectivity index (χ0v) is 20.6. The largest absolute Gasteiger partial charge is 0.343 e. The fraction of sp³-hybridized carbons (Fsp3) is 0.417. The SMILES string of the molecule is CCc1cccc(C)c1NS(=O)(=O)c1ccc2c(c1)sc(=O)n2CCC(=O)N1CCCCC1. The fourth-order valence-electron chi connectivity index (χ4n) is 4.30. The highest BCUT2D eigenvalue weighted by Crippen LogP contribution is 2.27. The molecule has 2 heterocycles. The summed E-state index contributed by atoms with van der Waals surface area (Å²) in [6.45, 7) is 5.72. The fourth-order valence-corrected chi connectivity index (χ4v) is 6.53. The second-order valence-corrected chi connectivity index (χ2v) is 11.1. The molecule has 1 saturated heterocycles. The smallest absolute Gasteiger partial charge is 0.308 e. The maximum atomic E-state index is 13.1. The summed E-state index contributed by atoms with van der Waals surface area (Å²) in [4.78, 5) is 26.9. The van der Waals surface area contributed by atoms with Crippen molar-refractivity contribution >= 4 is 43.2 Å². The van der Waals surface area contributed by atoms with Gasteiger partial charge in [-0.2, -0.15) is 0 Å². The number of hydrogen-bond donors (Lipinski definition) is 1. The van der Waals surface area contributed by atoms with Crippen molar-refractivity contribution in [3.63, 3.8) is 0 Å². The van der Waals surface area contributed by atoms with Gasteiger partial charge in [-0.15, -0.1) is 0 Å². The van der Waals surface area contributed by atoms with Gasteiger partial charge in [0, 0.05) is 26.1 Å². The van der Waals surface area contributed by atoms with E-state index in [1.165, 1.54) is 12.1 Å². The summed E-state index contributed by atoms with van der Waals surface area (Å²) in [6.07, 6.45) is 4.18. The molecule has 0 atom stereocenters. The minimum atomic E-state index is -3.82. The first kappa shape index (κ1) is 23.5. The molecule has 0 aliphatic carbocycles. The van der Waals surface area contributed by atoms with E-state index in [1.807, 2.05) is 36.9 Å². The van der Waals surface area contributed by atoms with E-state index >= 15 is 0 Å². The van der Waals surface area contributed by atoms with Gasteiger partial charge < -0.3 is 4.90 Å². The Morgan fingerprint density at radius 1 is 1.12 bits per heavy atom. The van der Waals surface area contributed by atoms with Crippen LogP contribution in [0.1, 0.15) is 43.7 Å². The molecule has 0 spiro atoms. The number of anilines is 1. The second kappa shape index (κ2) is 9.69. The van der Waals surface area contributed by atoms with E-state index in [-0.39, 0.29) is 22.1 Å². The molecule has 1 N–H and O–H groups in total. The Morgan fingerprint density at radius 2 is 1.88 bits per heavy atom. The van der Waals surface area contributed by atoms with Crippen LogP contribution in [0.15, 0.2) is 46.1 Å². The van der Waals surface area contributed by atoms with Crippen molar-refractivity contribution in [2.24, 2.45) is 0 Å². The topological polar surface area (TPSA) is 88.5 Å². The third-order valence-electron chi connectivity index (χ3n) is 6.18. The number of nitrogens with one attached hydrogen (secondary N) is 1. The van der Waals surface area contributed by atoms with E-state index in [9.17, 15) is 18.0 Å². The van der Waals surface area contributed by atoms with Crippen LogP contribution < -0.4 is 9.60 Å². The van der Waals surface area contributed by atoms with Crippen molar-refractivity contribution in [2.45, 2.75) is 57.4 Å². The lowest BCUT2D eigenvalue weighted by Crippen LogP contribution is -2.36. The number of thiazole rings is 1. The molecular formula is C24H29N3O4S2.